The summed E-state index contributed by atoms with van der Waals surface area (Å²) in [5, 5.41) is 68.7. The molecule has 1 heterocycles. The van der Waals surface area contributed by atoms with Gasteiger partial charge in [-0.05, 0) is 29.8 Å². The lowest BCUT2D eigenvalue weighted by molar-refractivity contribution is -0.277. The second-order valence-electron chi connectivity index (χ2n) is 7.23. The summed E-state index contributed by atoms with van der Waals surface area (Å²) in [6.45, 7) is -0.657. The van der Waals surface area contributed by atoms with Crippen molar-refractivity contribution < 1.29 is 50.0 Å². The van der Waals surface area contributed by atoms with E-state index in [-0.39, 0.29) is 29.2 Å². The zero-order valence-electron chi connectivity index (χ0n) is 16.3. The van der Waals surface area contributed by atoms with Crippen molar-refractivity contribution in [2.24, 2.45) is 0 Å². The van der Waals surface area contributed by atoms with Crippen molar-refractivity contribution in [2.75, 3.05) is 6.61 Å². The monoisotopic (exact) mass is 436 g/mol. The molecule has 2 aromatic rings. The maximum absolute atomic E-state index is 12.8. The van der Waals surface area contributed by atoms with Crippen LogP contribution in [0.4, 0.5) is 0 Å². The van der Waals surface area contributed by atoms with Crippen LogP contribution in [0.5, 0.6) is 17.2 Å². The third kappa shape index (κ3) is 5.13. The molecule has 0 aliphatic carbocycles. The van der Waals surface area contributed by atoms with Gasteiger partial charge in [0.25, 0.3) is 0 Å². The average Bonchev–Trinajstić information content (AvgIpc) is 2.74. The first-order valence-corrected chi connectivity index (χ1v) is 9.51. The number of ether oxygens (including phenoxy) is 2. The molecule has 2 aromatic carbocycles. The van der Waals surface area contributed by atoms with E-state index in [1.165, 1.54) is 36.4 Å². The Bertz CT molecular complexity index is 898. The Labute approximate surface area is 177 Å². The van der Waals surface area contributed by atoms with Gasteiger partial charge in [0.2, 0.25) is 6.29 Å². The Balaban J connectivity index is 1.80. The lowest BCUT2D eigenvalue weighted by atomic mass is 9.98. The highest BCUT2D eigenvalue weighted by atomic mass is 16.7. The zero-order chi connectivity index (χ0) is 22.7. The quantitative estimate of drug-likeness (QED) is 0.282. The molecule has 1 saturated heterocycles. The minimum absolute atomic E-state index is 0.0102. The van der Waals surface area contributed by atoms with Crippen molar-refractivity contribution in [3.8, 4) is 17.2 Å². The summed E-state index contributed by atoms with van der Waals surface area (Å²) in [5.41, 5.74) is 0.369. The van der Waals surface area contributed by atoms with Gasteiger partial charge in [-0.25, -0.2) is 0 Å². The molecule has 7 N–H and O–H groups in total. The summed E-state index contributed by atoms with van der Waals surface area (Å²) in [5.74, 6) is -0.987. The van der Waals surface area contributed by atoms with Gasteiger partial charge in [0, 0.05) is 12.5 Å². The van der Waals surface area contributed by atoms with Crippen molar-refractivity contribution in [2.45, 2.75) is 43.2 Å². The fourth-order valence-corrected chi connectivity index (χ4v) is 3.23. The maximum Gasteiger partial charge on any atom is 0.229 e. The van der Waals surface area contributed by atoms with Crippen LogP contribution in [0.15, 0.2) is 42.5 Å². The molecular weight excluding hydrogens is 412 g/mol. The molecule has 1 aliphatic rings. The van der Waals surface area contributed by atoms with Gasteiger partial charge in [0.15, 0.2) is 5.78 Å². The average molecular weight is 436 g/mol. The zero-order valence-corrected chi connectivity index (χ0v) is 16.3. The highest BCUT2D eigenvalue weighted by molar-refractivity contribution is 5.99. The summed E-state index contributed by atoms with van der Waals surface area (Å²) < 4.78 is 10.8. The van der Waals surface area contributed by atoms with E-state index in [1.807, 2.05) is 0 Å². The molecule has 0 amide bonds. The normalized spacial score (nSPS) is 26.9. The number of benzene rings is 2. The molecule has 0 unspecified atom stereocenters. The van der Waals surface area contributed by atoms with E-state index in [1.54, 1.807) is 0 Å². The second kappa shape index (κ2) is 9.60. The summed E-state index contributed by atoms with van der Waals surface area (Å²) in [4.78, 5) is 12.8. The fourth-order valence-electron chi connectivity index (χ4n) is 3.23. The molecule has 31 heavy (non-hydrogen) atoms. The SMILES string of the molecule is O=C(C[C@@H](O)c1ccc(O)cc1)c1ccc(O)cc1O[C@@H]1O[C@H](CO)[C@@H](O)[C@H](O)[C@H]1O. The molecule has 0 spiro atoms. The molecule has 3 rings (SSSR count). The van der Waals surface area contributed by atoms with Crippen LogP contribution in [0.1, 0.15) is 28.4 Å². The Hall–Kier alpha value is -2.73. The molecule has 10 nitrogen and oxygen atoms in total. The second-order valence-corrected chi connectivity index (χ2v) is 7.23. The van der Waals surface area contributed by atoms with E-state index in [4.69, 9.17) is 9.47 Å². The van der Waals surface area contributed by atoms with Crippen molar-refractivity contribution in [3.63, 3.8) is 0 Å². The number of phenolic OH excluding ortho intramolecular Hbond substituents is 2. The summed E-state index contributed by atoms with van der Waals surface area (Å²) >= 11 is 0. The van der Waals surface area contributed by atoms with Gasteiger partial charge in [-0.15, -0.1) is 0 Å². The lowest BCUT2D eigenvalue weighted by Gasteiger charge is -2.39. The molecule has 6 atom stereocenters. The third-order valence-corrected chi connectivity index (χ3v) is 5.01. The van der Waals surface area contributed by atoms with Gasteiger partial charge in [-0.2, -0.15) is 0 Å². The highest BCUT2D eigenvalue weighted by Crippen LogP contribution is 2.31. The first-order valence-electron chi connectivity index (χ1n) is 9.51. The number of hydrogen-bond acceptors (Lipinski definition) is 10. The Morgan fingerprint density at radius 2 is 1.61 bits per heavy atom. The minimum Gasteiger partial charge on any atom is -0.508 e. The van der Waals surface area contributed by atoms with Crippen LogP contribution in [0.25, 0.3) is 0 Å². The Kier molecular flexibility index (Phi) is 7.11. The number of phenols is 2. The topological polar surface area (TPSA) is 177 Å². The predicted octanol–water partition coefficient (Wildman–Crippen LogP) is -0.417. The lowest BCUT2D eigenvalue weighted by Crippen LogP contribution is -2.60. The Morgan fingerprint density at radius 1 is 0.968 bits per heavy atom. The predicted molar refractivity (Wildman–Crippen MR) is 105 cm³/mol. The molecule has 1 aliphatic heterocycles. The van der Waals surface area contributed by atoms with Crippen LogP contribution in [0, 0.1) is 0 Å². The molecule has 0 bridgehead atoms. The number of ketones is 1. The van der Waals surface area contributed by atoms with Crippen molar-refractivity contribution in [1.29, 1.82) is 0 Å². The molecule has 1 fully saturated rings. The van der Waals surface area contributed by atoms with Crippen LogP contribution in [0.3, 0.4) is 0 Å². The van der Waals surface area contributed by atoms with E-state index in [0.29, 0.717) is 5.56 Å². The summed E-state index contributed by atoms with van der Waals surface area (Å²) in [6.07, 6.45) is -9.25. The number of Topliss-reactive ketones (excluding diaryl/α,β-unsaturated/α-hetero) is 1. The first kappa shape index (κ1) is 22.9. The number of carbonyl (C=O) groups is 1. The van der Waals surface area contributed by atoms with Crippen LogP contribution >= 0.6 is 0 Å². The van der Waals surface area contributed by atoms with Crippen molar-refractivity contribution in [1.82, 2.24) is 0 Å². The number of rotatable bonds is 7. The van der Waals surface area contributed by atoms with Gasteiger partial charge in [-0.1, -0.05) is 12.1 Å². The van der Waals surface area contributed by atoms with Crippen LogP contribution in [-0.2, 0) is 4.74 Å². The van der Waals surface area contributed by atoms with E-state index in [0.717, 1.165) is 6.07 Å². The molecule has 10 heteroatoms. The van der Waals surface area contributed by atoms with E-state index < -0.39 is 49.2 Å². The van der Waals surface area contributed by atoms with Crippen molar-refractivity contribution >= 4 is 5.78 Å². The minimum atomic E-state index is -1.70. The number of aliphatic hydroxyl groups is 5. The number of hydrogen-bond donors (Lipinski definition) is 7. The van der Waals surface area contributed by atoms with Crippen LogP contribution < -0.4 is 4.74 Å². The van der Waals surface area contributed by atoms with Gasteiger partial charge >= 0.3 is 0 Å². The summed E-state index contributed by atoms with van der Waals surface area (Å²) in [6, 6.07) is 9.28. The maximum atomic E-state index is 12.8. The molecular formula is C21H24O10. The molecule has 0 radical (unpaired) electrons. The largest absolute Gasteiger partial charge is 0.508 e. The van der Waals surface area contributed by atoms with Crippen LogP contribution in [-0.4, -0.2) is 78.8 Å². The third-order valence-electron chi connectivity index (χ3n) is 5.01. The number of aliphatic hydroxyl groups excluding tert-OH is 5. The van der Waals surface area contributed by atoms with Crippen LogP contribution in [0.2, 0.25) is 0 Å². The standard InChI is InChI=1S/C21H24O10/c22-9-17-18(27)19(28)20(29)21(31-17)30-16-7-12(24)5-6-13(16)15(26)8-14(25)10-1-3-11(23)4-2-10/h1-7,14,17-25,27-29H,8-9H2/t14-,17-,18-,19+,20-,21-/m1/s1. The summed E-state index contributed by atoms with van der Waals surface area (Å²) in [7, 11) is 0. The molecule has 168 valence electrons. The fraction of sp³-hybridized carbons (Fsp3) is 0.381. The van der Waals surface area contributed by atoms with E-state index in [2.05, 4.69) is 0 Å². The van der Waals surface area contributed by atoms with Gasteiger partial charge < -0.3 is 45.2 Å². The van der Waals surface area contributed by atoms with E-state index >= 15 is 0 Å². The van der Waals surface area contributed by atoms with Gasteiger partial charge in [0.1, 0.15) is 41.7 Å². The smallest absolute Gasteiger partial charge is 0.229 e. The van der Waals surface area contributed by atoms with Gasteiger partial charge in [0.05, 0.1) is 18.3 Å². The number of carbonyl (C=O) groups excluding carboxylic acids is 1. The first-order chi connectivity index (χ1) is 14.7. The van der Waals surface area contributed by atoms with E-state index in [9.17, 15) is 40.5 Å². The van der Waals surface area contributed by atoms with Gasteiger partial charge in [-0.3, -0.25) is 4.79 Å². The molecule has 0 aromatic heterocycles. The Morgan fingerprint density at radius 3 is 2.26 bits per heavy atom. The molecule has 0 saturated carbocycles. The highest BCUT2D eigenvalue weighted by Gasteiger charge is 2.45. The van der Waals surface area contributed by atoms with Crippen molar-refractivity contribution in [3.05, 3.63) is 53.6 Å². The number of aromatic hydroxyl groups is 2.